The second kappa shape index (κ2) is 8.59. The van der Waals surface area contributed by atoms with E-state index in [1.54, 1.807) is 12.1 Å². The highest BCUT2D eigenvalue weighted by molar-refractivity contribution is 5.94. The largest absolute Gasteiger partial charge is 0.493 e. The van der Waals surface area contributed by atoms with E-state index in [-0.39, 0.29) is 18.6 Å². The molecule has 1 aromatic rings. The van der Waals surface area contributed by atoms with Crippen LogP contribution in [-0.4, -0.2) is 30.3 Å². The van der Waals surface area contributed by atoms with Gasteiger partial charge in [-0.3, -0.25) is 4.79 Å². The lowest BCUT2D eigenvalue weighted by Crippen LogP contribution is -2.35. The Balaban J connectivity index is 2.65. The number of hydrogen-bond donors (Lipinski definition) is 2. The first-order valence-corrected chi connectivity index (χ1v) is 7.21. The molecule has 0 aliphatic carbocycles. The molecule has 0 spiro atoms. The van der Waals surface area contributed by atoms with Gasteiger partial charge >= 0.3 is 0 Å². The fourth-order valence-electron chi connectivity index (χ4n) is 1.79. The van der Waals surface area contributed by atoms with Crippen molar-refractivity contribution in [3.8, 4) is 5.75 Å². The summed E-state index contributed by atoms with van der Waals surface area (Å²) in [4.78, 5) is 12.1. The van der Waals surface area contributed by atoms with Crippen LogP contribution in [0.15, 0.2) is 24.3 Å². The molecule has 0 aromatic heterocycles. The second-order valence-corrected chi connectivity index (χ2v) is 5.32. The molecule has 1 amide bonds. The molecule has 0 saturated carbocycles. The van der Waals surface area contributed by atoms with E-state index in [4.69, 9.17) is 9.84 Å². The number of amides is 1. The molecular weight excluding hydrogens is 254 g/mol. The van der Waals surface area contributed by atoms with Crippen LogP contribution in [0.5, 0.6) is 5.75 Å². The molecule has 1 rings (SSSR count). The molecule has 20 heavy (non-hydrogen) atoms. The maximum absolute atomic E-state index is 12.1. The molecule has 112 valence electrons. The van der Waals surface area contributed by atoms with Gasteiger partial charge in [0.25, 0.3) is 5.91 Å². The monoisotopic (exact) mass is 279 g/mol. The van der Waals surface area contributed by atoms with Crippen LogP contribution in [0.1, 0.15) is 44.0 Å². The van der Waals surface area contributed by atoms with E-state index in [0.717, 1.165) is 6.42 Å². The molecular formula is C16H25NO3. The summed E-state index contributed by atoms with van der Waals surface area (Å²) >= 11 is 0. The molecule has 0 aliphatic rings. The van der Waals surface area contributed by atoms with Gasteiger partial charge in [0.05, 0.1) is 6.61 Å². The third-order valence-electron chi connectivity index (χ3n) is 2.99. The molecule has 0 radical (unpaired) electrons. The third-order valence-corrected chi connectivity index (χ3v) is 2.99. The molecule has 4 nitrogen and oxygen atoms in total. The van der Waals surface area contributed by atoms with Crippen LogP contribution in [0.25, 0.3) is 0 Å². The number of rotatable bonds is 8. The van der Waals surface area contributed by atoms with Crippen molar-refractivity contribution >= 4 is 5.91 Å². The van der Waals surface area contributed by atoms with Crippen molar-refractivity contribution < 1.29 is 14.6 Å². The average molecular weight is 279 g/mol. The quantitative estimate of drug-likeness (QED) is 0.769. The Morgan fingerprint density at radius 3 is 2.75 bits per heavy atom. The molecule has 4 heteroatoms. The first-order chi connectivity index (χ1) is 9.56. The summed E-state index contributed by atoms with van der Waals surface area (Å²) in [7, 11) is 0. The Kier molecular flexibility index (Phi) is 7.09. The highest BCUT2D eigenvalue weighted by Gasteiger charge is 2.12. The van der Waals surface area contributed by atoms with Crippen LogP contribution >= 0.6 is 0 Å². The van der Waals surface area contributed by atoms with Gasteiger partial charge in [0.15, 0.2) is 0 Å². The fourth-order valence-corrected chi connectivity index (χ4v) is 1.79. The van der Waals surface area contributed by atoms with Crippen molar-refractivity contribution in [2.45, 2.75) is 39.7 Å². The van der Waals surface area contributed by atoms with Gasteiger partial charge in [-0.25, -0.2) is 0 Å². The van der Waals surface area contributed by atoms with Crippen molar-refractivity contribution in [2.75, 3.05) is 13.2 Å². The van der Waals surface area contributed by atoms with Crippen molar-refractivity contribution in [2.24, 2.45) is 5.92 Å². The number of aliphatic hydroxyl groups is 1. The molecule has 0 bridgehead atoms. The van der Waals surface area contributed by atoms with Gasteiger partial charge in [-0.1, -0.05) is 26.8 Å². The average Bonchev–Trinajstić information content (AvgIpc) is 2.44. The fraction of sp³-hybridized carbons (Fsp3) is 0.562. The highest BCUT2D eigenvalue weighted by atomic mass is 16.5. The zero-order valence-electron chi connectivity index (χ0n) is 12.6. The van der Waals surface area contributed by atoms with E-state index < -0.39 is 0 Å². The van der Waals surface area contributed by atoms with Crippen LogP contribution in [0.3, 0.4) is 0 Å². The van der Waals surface area contributed by atoms with E-state index in [1.165, 1.54) is 0 Å². The Morgan fingerprint density at radius 2 is 2.15 bits per heavy atom. The number of benzene rings is 1. The number of aliphatic hydroxyl groups excluding tert-OH is 1. The minimum atomic E-state index is -0.125. The maximum Gasteiger partial charge on any atom is 0.251 e. The van der Waals surface area contributed by atoms with Crippen LogP contribution in [0.2, 0.25) is 0 Å². The minimum absolute atomic E-state index is 0.00717. The van der Waals surface area contributed by atoms with E-state index in [1.807, 2.05) is 19.1 Å². The Labute approximate surface area is 121 Å². The lowest BCUT2D eigenvalue weighted by molar-refractivity contribution is 0.0928. The molecule has 0 saturated heterocycles. The van der Waals surface area contributed by atoms with Gasteiger partial charge in [-0.2, -0.15) is 0 Å². The molecule has 2 N–H and O–H groups in total. The second-order valence-electron chi connectivity index (χ2n) is 5.32. The van der Waals surface area contributed by atoms with E-state index in [2.05, 4.69) is 19.2 Å². The smallest absolute Gasteiger partial charge is 0.251 e. The van der Waals surface area contributed by atoms with Crippen molar-refractivity contribution in [1.29, 1.82) is 0 Å². The Hall–Kier alpha value is -1.55. The maximum atomic E-state index is 12.1. The summed E-state index contributed by atoms with van der Waals surface area (Å²) in [6.45, 7) is 6.86. The van der Waals surface area contributed by atoms with Gasteiger partial charge in [-0.05, 0) is 37.0 Å². The first-order valence-electron chi connectivity index (χ1n) is 7.21. The molecule has 1 aromatic carbocycles. The normalized spacial score (nSPS) is 12.2. The summed E-state index contributed by atoms with van der Waals surface area (Å²) in [5, 5.41) is 11.9. The number of ether oxygens (including phenoxy) is 1. The lowest BCUT2D eigenvalue weighted by atomic mass is 10.1. The Morgan fingerprint density at radius 1 is 1.40 bits per heavy atom. The zero-order chi connectivity index (χ0) is 15.0. The Bertz CT molecular complexity index is 418. The van der Waals surface area contributed by atoms with Crippen molar-refractivity contribution in [3.05, 3.63) is 29.8 Å². The summed E-state index contributed by atoms with van der Waals surface area (Å²) in [6, 6.07) is 7.20. The van der Waals surface area contributed by atoms with Crippen LogP contribution in [0, 0.1) is 5.92 Å². The van der Waals surface area contributed by atoms with Crippen molar-refractivity contribution in [1.82, 2.24) is 5.32 Å². The summed E-state index contributed by atoms with van der Waals surface area (Å²) < 4.78 is 5.62. The first kappa shape index (κ1) is 16.5. The van der Waals surface area contributed by atoms with E-state index in [0.29, 0.717) is 30.3 Å². The molecule has 0 fully saturated rings. The zero-order valence-corrected chi connectivity index (χ0v) is 12.6. The van der Waals surface area contributed by atoms with Crippen LogP contribution in [-0.2, 0) is 0 Å². The lowest BCUT2D eigenvalue weighted by Gasteiger charge is -2.16. The predicted molar refractivity (Wildman–Crippen MR) is 80.0 cm³/mol. The van der Waals surface area contributed by atoms with E-state index >= 15 is 0 Å². The number of carbonyl (C=O) groups is 1. The van der Waals surface area contributed by atoms with Gasteiger partial charge in [-0.15, -0.1) is 0 Å². The molecule has 0 aliphatic heterocycles. The summed E-state index contributed by atoms with van der Waals surface area (Å²) in [5.74, 6) is 1.03. The SMILES string of the molecule is CCC(CCO)NC(=O)c1cccc(OCC(C)C)c1. The van der Waals surface area contributed by atoms with Crippen LogP contribution < -0.4 is 10.1 Å². The third kappa shape index (κ3) is 5.61. The number of carbonyl (C=O) groups excluding carboxylic acids is 1. The molecule has 1 unspecified atom stereocenters. The molecule has 0 heterocycles. The summed E-state index contributed by atoms with van der Waals surface area (Å²) in [6.07, 6.45) is 1.38. The highest BCUT2D eigenvalue weighted by Crippen LogP contribution is 2.14. The number of hydrogen-bond acceptors (Lipinski definition) is 3. The van der Waals surface area contributed by atoms with Crippen LogP contribution in [0.4, 0.5) is 0 Å². The topological polar surface area (TPSA) is 58.6 Å². The van der Waals surface area contributed by atoms with Crippen molar-refractivity contribution in [3.63, 3.8) is 0 Å². The minimum Gasteiger partial charge on any atom is -0.493 e. The number of nitrogens with one attached hydrogen (secondary N) is 1. The summed E-state index contributed by atoms with van der Waals surface area (Å²) in [5.41, 5.74) is 0.586. The van der Waals surface area contributed by atoms with Gasteiger partial charge < -0.3 is 15.2 Å². The van der Waals surface area contributed by atoms with Gasteiger partial charge in [0.2, 0.25) is 0 Å². The molecule has 1 atom stereocenters. The van der Waals surface area contributed by atoms with Gasteiger partial charge in [0, 0.05) is 18.2 Å². The van der Waals surface area contributed by atoms with E-state index in [9.17, 15) is 4.79 Å². The predicted octanol–water partition coefficient (Wildman–Crippen LogP) is 2.61. The standard InChI is InChI=1S/C16H25NO3/c1-4-14(8-9-18)17-16(19)13-6-5-7-15(10-13)20-11-12(2)3/h5-7,10,12,14,18H,4,8-9,11H2,1-3H3,(H,17,19). The van der Waals surface area contributed by atoms with Gasteiger partial charge in [0.1, 0.15) is 5.75 Å².